The van der Waals surface area contributed by atoms with Gasteiger partial charge < -0.3 is 19.7 Å². The summed E-state index contributed by atoms with van der Waals surface area (Å²) >= 11 is 0. The van der Waals surface area contributed by atoms with Crippen LogP contribution in [0.4, 0.5) is 0 Å². The molecule has 0 aliphatic carbocycles. The zero-order chi connectivity index (χ0) is 35.9. The zero-order valence-corrected chi connectivity index (χ0v) is 31.0. The fraction of sp³-hybridized carbons (Fsp3) is 0.628. The fourth-order valence-corrected chi connectivity index (χ4v) is 8.27. The van der Waals surface area contributed by atoms with Gasteiger partial charge in [0.25, 0.3) is 5.56 Å². The van der Waals surface area contributed by atoms with E-state index in [4.69, 9.17) is 9.47 Å². The number of nitrogens with one attached hydrogen (secondary N) is 1. The van der Waals surface area contributed by atoms with E-state index >= 15 is 0 Å². The van der Waals surface area contributed by atoms with E-state index < -0.39 is 41.9 Å². The lowest BCUT2D eigenvalue weighted by molar-refractivity contribution is -0.134. The van der Waals surface area contributed by atoms with Crippen LogP contribution in [0.2, 0.25) is 0 Å². The Morgan fingerprint density at radius 1 is 0.784 bits per heavy atom. The van der Waals surface area contributed by atoms with E-state index in [0.717, 1.165) is 39.7 Å². The maximum atomic E-state index is 12.7. The maximum Gasteiger partial charge on any atom is 0.330 e. The topological polar surface area (TPSA) is 114 Å². The summed E-state index contributed by atoms with van der Waals surface area (Å²) < 4.78 is 13.7. The van der Waals surface area contributed by atoms with Crippen molar-refractivity contribution in [3.63, 3.8) is 0 Å². The van der Waals surface area contributed by atoms with Gasteiger partial charge in [-0.05, 0) is 35.1 Å². The number of hydrogen-bond donors (Lipinski definition) is 3. The number of hydrogen-bond acceptors (Lipinski definition) is 6. The molecule has 0 bridgehead atoms. The number of ether oxygens (including phenoxy) is 2. The number of aliphatic hydroxyl groups excluding tert-OH is 2. The standard InChI is InChI=1S/C43H62N2O6/c1-2-3-4-5-6-7-8-9-10-11-12-13-14-15-16-17-18-19-21-24-33-29-35-32-50-43(39(35)36(30-33)34-25-22-20-23-26-34)37(31-46)51-41(40(43)48)45-28-27-38(47)44-42(45)49/h20,22-23,25-30,37,40-41,46,48H,2-19,21,24,31-32H2,1H3,(H,44,47,49)/t37-,40+,41-,43+/m1/s1. The SMILES string of the molecule is CCCCCCCCCCCCCCCCCCCCCc1cc2c(c(-c3ccccc3)c1)[C@@]1(OC2)[C@@H](CO)O[C@@H](n2ccc(=O)[nH]c2=O)[C@@H]1O. The molecule has 1 aromatic heterocycles. The lowest BCUT2D eigenvalue weighted by atomic mass is 9.78. The predicted octanol–water partition coefficient (Wildman–Crippen LogP) is 8.85. The van der Waals surface area contributed by atoms with Gasteiger partial charge in [0.2, 0.25) is 0 Å². The minimum atomic E-state index is -1.39. The Labute approximate surface area is 304 Å². The molecule has 0 unspecified atom stereocenters. The largest absolute Gasteiger partial charge is 0.394 e. The van der Waals surface area contributed by atoms with Gasteiger partial charge in [-0.15, -0.1) is 0 Å². The van der Waals surface area contributed by atoms with E-state index in [1.807, 2.05) is 30.3 Å². The zero-order valence-electron chi connectivity index (χ0n) is 31.0. The quantitative estimate of drug-likeness (QED) is 0.0851. The van der Waals surface area contributed by atoms with Gasteiger partial charge in [0, 0.05) is 17.8 Å². The number of aromatic amines is 1. The number of nitrogens with zero attached hydrogens (tertiary/aromatic N) is 1. The number of H-pyrrole nitrogens is 1. The number of rotatable bonds is 23. The van der Waals surface area contributed by atoms with Crippen LogP contribution in [0.5, 0.6) is 0 Å². The molecule has 1 saturated heterocycles. The van der Waals surface area contributed by atoms with Crippen molar-refractivity contribution in [2.45, 2.75) is 166 Å². The number of benzene rings is 2. The molecule has 1 spiro atoms. The highest BCUT2D eigenvalue weighted by Gasteiger charge is 2.62. The third kappa shape index (κ3) is 10.1. The van der Waals surface area contributed by atoms with E-state index in [0.29, 0.717) is 0 Å². The number of fused-ring (bicyclic) bond motifs is 2. The van der Waals surface area contributed by atoms with Crippen LogP contribution in [0.3, 0.4) is 0 Å². The molecule has 0 saturated carbocycles. The third-order valence-electron chi connectivity index (χ3n) is 11.1. The molecule has 1 fully saturated rings. The smallest absolute Gasteiger partial charge is 0.330 e. The molecule has 3 N–H and O–H groups in total. The minimum Gasteiger partial charge on any atom is -0.394 e. The molecule has 0 amide bonds. The van der Waals surface area contributed by atoms with Crippen molar-refractivity contribution >= 4 is 0 Å². The molecule has 8 heteroatoms. The van der Waals surface area contributed by atoms with Crippen molar-refractivity contribution in [3.05, 3.63) is 92.3 Å². The van der Waals surface area contributed by atoms with Crippen molar-refractivity contribution < 1.29 is 19.7 Å². The van der Waals surface area contributed by atoms with Gasteiger partial charge in [-0.2, -0.15) is 0 Å². The van der Waals surface area contributed by atoms with E-state index in [9.17, 15) is 19.8 Å². The lowest BCUT2D eigenvalue weighted by Gasteiger charge is -2.33. The summed E-state index contributed by atoms with van der Waals surface area (Å²) in [6.07, 6.45) is 24.7. The van der Waals surface area contributed by atoms with E-state index in [1.54, 1.807) is 0 Å². The van der Waals surface area contributed by atoms with Crippen LogP contribution in [0.25, 0.3) is 11.1 Å². The highest BCUT2D eigenvalue weighted by Crippen LogP contribution is 2.54. The first-order valence-corrected chi connectivity index (χ1v) is 20.1. The molecular formula is C43H62N2O6. The molecule has 3 aromatic rings. The number of aryl methyl sites for hydroxylation is 1. The minimum absolute atomic E-state index is 0.256. The summed E-state index contributed by atoms with van der Waals surface area (Å²) in [7, 11) is 0. The maximum absolute atomic E-state index is 12.7. The summed E-state index contributed by atoms with van der Waals surface area (Å²) in [5.74, 6) is 0. The van der Waals surface area contributed by atoms with Crippen LogP contribution in [-0.4, -0.2) is 38.6 Å². The summed E-state index contributed by atoms with van der Waals surface area (Å²) in [5.41, 5.74) is 2.28. The van der Waals surface area contributed by atoms with E-state index in [-0.39, 0.29) is 6.61 Å². The Kier molecular flexibility index (Phi) is 15.6. The molecule has 2 aromatic carbocycles. The highest BCUT2D eigenvalue weighted by atomic mass is 16.6. The third-order valence-corrected chi connectivity index (χ3v) is 11.1. The van der Waals surface area contributed by atoms with Crippen molar-refractivity contribution in [1.82, 2.24) is 9.55 Å². The monoisotopic (exact) mass is 702 g/mol. The fourth-order valence-electron chi connectivity index (χ4n) is 8.27. The van der Waals surface area contributed by atoms with Gasteiger partial charge in [0.1, 0.15) is 12.2 Å². The summed E-state index contributed by atoms with van der Waals surface area (Å²) in [6.45, 7) is 2.12. The first-order chi connectivity index (χ1) is 25.0. The molecule has 8 nitrogen and oxygen atoms in total. The molecule has 51 heavy (non-hydrogen) atoms. The highest BCUT2D eigenvalue weighted by molar-refractivity contribution is 5.72. The summed E-state index contributed by atoms with van der Waals surface area (Å²) in [5, 5.41) is 22.3. The van der Waals surface area contributed by atoms with Crippen molar-refractivity contribution in [3.8, 4) is 11.1 Å². The van der Waals surface area contributed by atoms with Gasteiger partial charge in [0.15, 0.2) is 11.8 Å². The van der Waals surface area contributed by atoms with Gasteiger partial charge >= 0.3 is 5.69 Å². The Morgan fingerprint density at radius 2 is 1.35 bits per heavy atom. The Morgan fingerprint density at radius 3 is 1.90 bits per heavy atom. The molecule has 3 heterocycles. The lowest BCUT2D eigenvalue weighted by Crippen LogP contribution is -2.47. The molecule has 280 valence electrons. The van der Waals surface area contributed by atoms with Crippen molar-refractivity contribution in [2.75, 3.05) is 6.61 Å². The normalized spacial score (nSPS) is 21.1. The van der Waals surface area contributed by atoms with Crippen molar-refractivity contribution in [2.24, 2.45) is 0 Å². The number of aromatic nitrogens is 2. The number of aliphatic hydroxyl groups is 2. The van der Waals surface area contributed by atoms with Crippen molar-refractivity contribution in [1.29, 1.82) is 0 Å². The molecule has 2 aliphatic rings. The Bertz CT molecular complexity index is 1590. The second kappa shape index (κ2) is 20.3. The van der Waals surface area contributed by atoms with Crippen LogP contribution in [0, 0.1) is 0 Å². The van der Waals surface area contributed by atoms with Gasteiger partial charge in [-0.25, -0.2) is 4.79 Å². The second-order valence-corrected chi connectivity index (χ2v) is 14.9. The molecule has 4 atom stereocenters. The first-order valence-electron chi connectivity index (χ1n) is 20.1. The summed E-state index contributed by atoms with van der Waals surface area (Å²) in [4.78, 5) is 26.6. The Hall–Kier alpha value is -3.04. The molecular weight excluding hydrogens is 640 g/mol. The van der Waals surface area contributed by atoms with Crippen LogP contribution in [0.1, 0.15) is 152 Å². The van der Waals surface area contributed by atoms with Crippen LogP contribution in [0.15, 0.2) is 64.3 Å². The van der Waals surface area contributed by atoms with E-state index in [1.165, 1.54) is 133 Å². The van der Waals surface area contributed by atoms with Gasteiger partial charge in [-0.3, -0.25) is 14.3 Å². The molecule has 5 rings (SSSR count). The average molecular weight is 703 g/mol. The first kappa shape index (κ1) is 39.2. The summed E-state index contributed by atoms with van der Waals surface area (Å²) in [6, 6.07) is 15.6. The van der Waals surface area contributed by atoms with Crippen LogP contribution in [-0.2, 0) is 28.1 Å². The van der Waals surface area contributed by atoms with Crippen LogP contribution < -0.4 is 11.2 Å². The molecule has 2 aliphatic heterocycles. The molecule has 0 radical (unpaired) electrons. The van der Waals surface area contributed by atoms with E-state index in [2.05, 4.69) is 24.0 Å². The Balaban J connectivity index is 1.09. The van der Waals surface area contributed by atoms with Gasteiger partial charge in [-0.1, -0.05) is 165 Å². The average Bonchev–Trinajstić information content (AvgIpc) is 3.66. The predicted molar refractivity (Wildman–Crippen MR) is 204 cm³/mol. The number of unbranched alkanes of at least 4 members (excludes halogenated alkanes) is 18. The van der Waals surface area contributed by atoms with Crippen LogP contribution >= 0.6 is 0 Å². The van der Waals surface area contributed by atoms with Gasteiger partial charge in [0.05, 0.1) is 13.2 Å². The second-order valence-electron chi connectivity index (χ2n) is 14.9.